The van der Waals surface area contributed by atoms with Gasteiger partial charge in [0.05, 0.1) is 26.9 Å². The lowest BCUT2D eigenvalue weighted by atomic mass is 10.2. The van der Waals surface area contributed by atoms with Gasteiger partial charge in [-0.25, -0.2) is 14.8 Å². The number of hydrogen-bond donors (Lipinski definition) is 1. The van der Waals surface area contributed by atoms with E-state index in [1.807, 2.05) is 0 Å². The van der Waals surface area contributed by atoms with E-state index in [1.165, 1.54) is 11.3 Å². The van der Waals surface area contributed by atoms with Gasteiger partial charge < -0.3 is 4.74 Å². The monoisotopic (exact) mass is 367 g/mol. The molecule has 5 nitrogen and oxygen atoms in total. The van der Waals surface area contributed by atoms with Crippen LogP contribution in [0.25, 0.3) is 20.8 Å². The predicted octanol–water partition coefficient (Wildman–Crippen LogP) is 5.23. The van der Waals surface area contributed by atoms with Crippen LogP contribution in [0.4, 0.5) is 10.6 Å². The average molecular weight is 368 g/mol. The van der Waals surface area contributed by atoms with Crippen molar-refractivity contribution in [3.8, 4) is 10.6 Å². The summed E-state index contributed by atoms with van der Waals surface area (Å²) >= 11 is 13.8. The molecule has 0 radical (unpaired) electrons. The maximum Gasteiger partial charge on any atom is 0.412 e. The Hall–Kier alpha value is -1.89. The van der Waals surface area contributed by atoms with E-state index >= 15 is 0 Å². The number of amides is 1. The maximum absolute atomic E-state index is 11.6. The molecule has 2 aromatic heterocycles. The molecule has 0 atom stereocenters. The zero-order chi connectivity index (χ0) is 16.4. The molecule has 0 aliphatic rings. The van der Waals surface area contributed by atoms with Crippen molar-refractivity contribution in [2.75, 3.05) is 11.9 Å². The van der Waals surface area contributed by atoms with Crippen molar-refractivity contribution >= 4 is 56.7 Å². The summed E-state index contributed by atoms with van der Waals surface area (Å²) in [4.78, 5) is 20.3. The highest BCUT2D eigenvalue weighted by Gasteiger charge is 2.16. The first-order valence-electron chi connectivity index (χ1n) is 6.74. The van der Waals surface area contributed by atoms with Crippen molar-refractivity contribution in [2.24, 2.45) is 0 Å². The Morgan fingerprint density at radius 1 is 1.30 bits per heavy atom. The number of aromatic nitrogens is 2. The molecule has 0 bridgehead atoms. The summed E-state index contributed by atoms with van der Waals surface area (Å²) in [6.07, 6.45) is 1.01. The molecule has 0 aliphatic carbocycles. The molecule has 8 heteroatoms. The van der Waals surface area contributed by atoms with Gasteiger partial charge in [-0.1, -0.05) is 29.3 Å². The first-order valence-corrected chi connectivity index (χ1v) is 8.31. The van der Waals surface area contributed by atoms with E-state index in [2.05, 4.69) is 15.3 Å². The van der Waals surface area contributed by atoms with Gasteiger partial charge in [0.25, 0.3) is 0 Å². The first-order chi connectivity index (χ1) is 11.1. The molecular weight excluding hydrogens is 357 g/mol. The average Bonchev–Trinajstić information content (AvgIpc) is 2.92. The van der Waals surface area contributed by atoms with Crippen LogP contribution in [-0.4, -0.2) is 22.7 Å². The Bertz CT molecular complexity index is 862. The highest BCUT2D eigenvalue weighted by molar-refractivity contribution is 7.22. The van der Waals surface area contributed by atoms with E-state index in [-0.39, 0.29) is 6.61 Å². The van der Waals surface area contributed by atoms with Gasteiger partial charge in [-0.3, -0.25) is 5.32 Å². The van der Waals surface area contributed by atoms with Crippen molar-refractivity contribution in [1.82, 2.24) is 9.97 Å². The lowest BCUT2D eigenvalue weighted by molar-refractivity contribution is 0.168. The van der Waals surface area contributed by atoms with Crippen molar-refractivity contribution < 1.29 is 9.53 Å². The Kier molecular flexibility index (Phi) is 4.66. The van der Waals surface area contributed by atoms with Crippen molar-refractivity contribution in [2.45, 2.75) is 6.92 Å². The SMILES string of the molecule is CCOC(=O)Nc1nccc2nc(-c3c(Cl)cccc3Cl)sc12. The summed E-state index contributed by atoms with van der Waals surface area (Å²) in [5.74, 6) is 0.396. The number of nitrogens with zero attached hydrogens (tertiary/aromatic N) is 2. The number of ether oxygens (including phenoxy) is 1. The third kappa shape index (κ3) is 3.24. The second-order valence-electron chi connectivity index (χ2n) is 4.47. The normalized spacial score (nSPS) is 10.7. The van der Waals surface area contributed by atoms with E-state index in [0.717, 1.165) is 4.70 Å². The number of thiazole rings is 1. The standard InChI is InChI=1S/C15H11Cl2N3O2S/c1-2-22-15(21)20-13-12-10(6-7-18-13)19-14(23-12)11-8(16)4-3-5-9(11)17/h3-7H,2H2,1H3,(H,18,20,21). The second-order valence-corrected chi connectivity index (χ2v) is 6.28. The van der Waals surface area contributed by atoms with E-state index in [4.69, 9.17) is 27.9 Å². The number of fused-ring (bicyclic) bond motifs is 1. The Labute approximate surface area is 146 Å². The topological polar surface area (TPSA) is 64.1 Å². The van der Waals surface area contributed by atoms with Crippen molar-refractivity contribution in [1.29, 1.82) is 0 Å². The molecule has 1 aromatic carbocycles. The van der Waals surface area contributed by atoms with Crippen LogP contribution in [-0.2, 0) is 4.74 Å². The van der Waals surface area contributed by atoms with Crippen molar-refractivity contribution in [3.05, 3.63) is 40.5 Å². The largest absolute Gasteiger partial charge is 0.450 e. The van der Waals surface area contributed by atoms with Crippen LogP contribution in [0.5, 0.6) is 0 Å². The summed E-state index contributed by atoms with van der Waals surface area (Å²) in [7, 11) is 0. The molecule has 3 aromatic rings. The minimum Gasteiger partial charge on any atom is -0.450 e. The van der Waals surface area contributed by atoms with E-state index in [0.29, 0.717) is 32.0 Å². The van der Waals surface area contributed by atoms with Gasteiger partial charge in [0, 0.05) is 11.8 Å². The van der Waals surface area contributed by atoms with Crippen LogP contribution in [0.2, 0.25) is 10.0 Å². The minimum absolute atomic E-state index is 0.283. The molecule has 2 heterocycles. The van der Waals surface area contributed by atoms with Gasteiger partial charge in [-0.15, -0.1) is 11.3 Å². The summed E-state index contributed by atoms with van der Waals surface area (Å²) < 4.78 is 5.60. The Balaban J connectivity index is 2.07. The van der Waals surface area contributed by atoms with Crippen LogP contribution < -0.4 is 5.32 Å². The lowest BCUT2D eigenvalue weighted by Crippen LogP contribution is -2.14. The molecule has 1 amide bonds. The van der Waals surface area contributed by atoms with Crippen LogP contribution in [0.3, 0.4) is 0 Å². The molecule has 1 N–H and O–H groups in total. The zero-order valence-electron chi connectivity index (χ0n) is 12.0. The lowest BCUT2D eigenvalue weighted by Gasteiger charge is -2.04. The van der Waals surface area contributed by atoms with Crippen molar-refractivity contribution in [3.63, 3.8) is 0 Å². The van der Waals surface area contributed by atoms with Gasteiger partial charge in [0.2, 0.25) is 0 Å². The number of rotatable bonds is 3. The smallest absolute Gasteiger partial charge is 0.412 e. The van der Waals surface area contributed by atoms with Crippen LogP contribution >= 0.6 is 34.5 Å². The minimum atomic E-state index is -0.557. The van der Waals surface area contributed by atoms with E-state index in [9.17, 15) is 4.79 Å². The molecule has 0 saturated carbocycles. The van der Waals surface area contributed by atoms with E-state index in [1.54, 1.807) is 37.4 Å². The highest BCUT2D eigenvalue weighted by Crippen LogP contribution is 2.40. The summed E-state index contributed by atoms with van der Waals surface area (Å²) in [6, 6.07) is 7.04. The number of hydrogen-bond acceptors (Lipinski definition) is 5. The summed E-state index contributed by atoms with van der Waals surface area (Å²) in [6.45, 7) is 2.02. The fourth-order valence-corrected chi connectivity index (χ4v) is 3.78. The van der Waals surface area contributed by atoms with E-state index < -0.39 is 6.09 Å². The molecule has 3 rings (SSSR count). The number of nitrogens with one attached hydrogen (secondary N) is 1. The molecular formula is C15H11Cl2N3O2S. The quantitative estimate of drug-likeness (QED) is 0.687. The highest BCUT2D eigenvalue weighted by atomic mass is 35.5. The Morgan fingerprint density at radius 2 is 2.04 bits per heavy atom. The third-order valence-corrected chi connectivity index (χ3v) is 4.70. The van der Waals surface area contributed by atoms with Crippen LogP contribution in [0.1, 0.15) is 6.92 Å². The van der Waals surface area contributed by atoms with Gasteiger partial charge in [-0.05, 0) is 25.1 Å². The van der Waals surface area contributed by atoms with Crippen LogP contribution in [0, 0.1) is 0 Å². The zero-order valence-corrected chi connectivity index (χ0v) is 14.3. The first kappa shape index (κ1) is 16.0. The molecule has 0 saturated heterocycles. The Morgan fingerprint density at radius 3 is 2.74 bits per heavy atom. The number of benzene rings is 1. The molecule has 23 heavy (non-hydrogen) atoms. The van der Waals surface area contributed by atoms with Gasteiger partial charge in [0.1, 0.15) is 5.01 Å². The second kappa shape index (κ2) is 6.70. The number of pyridine rings is 1. The third-order valence-electron chi connectivity index (χ3n) is 2.98. The number of carbonyl (C=O) groups is 1. The fraction of sp³-hybridized carbons (Fsp3) is 0.133. The molecule has 118 valence electrons. The maximum atomic E-state index is 11.6. The van der Waals surface area contributed by atoms with Crippen LogP contribution in [0.15, 0.2) is 30.5 Å². The van der Waals surface area contributed by atoms with Gasteiger partial charge in [-0.2, -0.15) is 0 Å². The van der Waals surface area contributed by atoms with Gasteiger partial charge >= 0.3 is 6.09 Å². The predicted molar refractivity (Wildman–Crippen MR) is 93.5 cm³/mol. The molecule has 0 unspecified atom stereocenters. The fourth-order valence-electron chi connectivity index (χ4n) is 2.02. The molecule has 0 spiro atoms. The number of carbonyl (C=O) groups excluding carboxylic acids is 1. The molecule has 0 fully saturated rings. The summed E-state index contributed by atoms with van der Waals surface area (Å²) in [5.41, 5.74) is 1.36. The number of anilines is 1. The summed E-state index contributed by atoms with van der Waals surface area (Å²) in [5, 5.41) is 4.31. The van der Waals surface area contributed by atoms with Gasteiger partial charge in [0.15, 0.2) is 5.82 Å². The molecule has 0 aliphatic heterocycles. The number of halogens is 2.